The molecule has 0 unspecified atom stereocenters. The molecule has 1 heterocycles. The van der Waals surface area contributed by atoms with E-state index in [4.69, 9.17) is 14.2 Å². The summed E-state index contributed by atoms with van der Waals surface area (Å²) in [5.74, 6) is 4.07. The van der Waals surface area contributed by atoms with Gasteiger partial charge in [-0.15, -0.1) is 0 Å². The second-order valence-electron chi connectivity index (χ2n) is 12.8. The molecule has 0 spiro atoms. The van der Waals surface area contributed by atoms with Crippen LogP contribution in [-0.2, 0) is 14.3 Å². The molecule has 5 fully saturated rings. The minimum absolute atomic E-state index is 0.221. The van der Waals surface area contributed by atoms with Gasteiger partial charge in [0, 0.05) is 12.3 Å². The number of hydrogen-bond donors (Lipinski definition) is 0. The number of carbonyl (C=O) groups is 1. The minimum Gasteiger partial charge on any atom is -0.497 e. The van der Waals surface area contributed by atoms with Crippen molar-refractivity contribution in [1.82, 2.24) is 0 Å². The summed E-state index contributed by atoms with van der Waals surface area (Å²) in [6.07, 6.45) is 11.4. The SMILES string of the molecule is COc1ccc(/C=C2/C[C@@]3(C)[C@@H](CC[C@@H]4[C@@H]3CC[C@]3(C)[C@@H](C5(C)OCCO5)CC[C@@H]43)CC2=O)cc1. The van der Waals surface area contributed by atoms with Crippen molar-refractivity contribution in [3.05, 3.63) is 35.4 Å². The zero-order valence-corrected chi connectivity index (χ0v) is 22.0. The Labute approximate surface area is 210 Å². The Kier molecular flexibility index (Phi) is 5.73. The van der Waals surface area contributed by atoms with E-state index in [1.807, 2.05) is 12.1 Å². The Balaban J connectivity index is 1.26. The highest BCUT2D eigenvalue weighted by atomic mass is 16.7. The molecule has 1 aromatic rings. The van der Waals surface area contributed by atoms with Crippen LogP contribution in [0.1, 0.15) is 77.7 Å². The number of fused-ring (bicyclic) bond motifs is 5. The highest BCUT2D eigenvalue weighted by Crippen LogP contribution is 2.69. The molecule has 0 aromatic heterocycles. The van der Waals surface area contributed by atoms with Crippen LogP contribution < -0.4 is 4.74 Å². The fraction of sp³-hybridized carbons (Fsp3) is 0.710. The van der Waals surface area contributed by atoms with Crippen molar-refractivity contribution in [1.29, 1.82) is 0 Å². The largest absolute Gasteiger partial charge is 0.497 e. The van der Waals surface area contributed by atoms with Gasteiger partial charge in [0.1, 0.15) is 5.75 Å². The molecule has 0 radical (unpaired) electrons. The maximum Gasteiger partial charge on any atom is 0.169 e. The third-order valence-electron chi connectivity index (χ3n) is 11.4. The van der Waals surface area contributed by atoms with Crippen molar-refractivity contribution in [2.45, 2.75) is 77.9 Å². The summed E-state index contributed by atoms with van der Waals surface area (Å²) in [7, 11) is 1.69. The summed E-state index contributed by atoms with van der Waals surface area (Å²) in [5.41, 5.74) is 2.66. The lowest BCUT2D eigenvalue weighted by atomic mass is 9.44. The van der Waals surface area contributed by atoms with Crippen LogP contribution in [-0.4, -0.2) is 31.9 Å². The molecule has 0 N–H and O–H groups in total. The summed E-state index contributed by atoms with van der Waals surface area (Å²) in [6, 6.07) is 8.10. The van der Waals surface area contributed by atoms with Crippen LogP contribution in [0.25, 0.3) is 6.08 Å². The van der Waals surface area contributed by atoms with Gasteiger partial charge in [-0.2, -0.15) is 0 Å². The Bertz CT molecular complexity index is 1010. The third-order valence-corrected chi connectivity index (χ3v) is 11.4. The highest BCUT2D eigenvalue weighted by molar-refractivity contribution is 6.00. The van der Waals surface area contributed by atoms with Gasteiger partial charge in [-0.05, 0) is 116 Å². The normalized spacial score (nSPS) is 43.5. The second-order valence-corrected chi connectivity index (χ2v) is 12.8. The van der Waals surface area contributed by atoms with Crippen molar-refractivity contribution >= 4 is 11.9 Å². The molecule has 1 aliphatic heterocycles. The van der Waals surface area contributed by atoms with Crippen LogP contribution in [0.4, 0.5) is 0 Å². The lowest BCUT2D eigenvalue weighted by Crippen LogP contribution is -2.55. The van der Waals surface area contributed by atoms with E-state index in [0.29, 0.717) is 29.0 Å². The fourth-order valence-electron chi connectivity index (χ4n) is 9.64. The lowest BCUT2D eigenvalue weighted by molar-refractivity contribution is -0.217. The van der Waals surface area contributed by atoms with Crippen molar-refractivity contribution in [2.24, 2.45) is 40.4 Å². The van der Waals surface area contributed by atoms with E-state index >= 15 is 0 Å². The maximum absolute atomic E-state index is 13.2. The van der Waals surface area contributed by atoms with Crippen molar-refractivity contribution < 1.29 is 19.0 Å². The van der Waals surface area contributed by atoms with Gasteiger partial charge >= 0.3 is 0 Å². The monoisotopic (exact) mass is 478 g/mol. The van der Waals surface area contributed by atoms with Gasteiger partial charge in [0.15, 0.2) is 11.6 Å². The van der Waals surface area contributed by atoms with E-state index in [2.05, 4.69) is 39.0 Å². The molecule has 7 atom stereocenters. The summed E-state index contributed by atoms with van der Waals surface area (Å²) in [5, 5.41) is 0. The fourth-order valence-corrected chi connectivity index (χ4v) is 9.64. The molecule has 4 nitrogen and oxygen atoms in total. The van der Waals surface area contributed by atoms with Crippen molar-refractivity contribution in [3.8, 4) is 5.75 Å². The third kappa shape index (κ3) is 3.65. The number of rotatable bonds is 3. The molecule has 1 aromatic carbocycles. The Morgan fingerprint density at radius 2 is 1.63 bits per heavy atom. The predicted octanol–water partition coefficient (Wildman–Crippen LogP) is 6.68. The van der Waals surface area contributed by atoms with E-state index in [9.17, 15) is 4.79 Å². The summed E-state index contributed by atoms with van der Waals surface area (Å²) < 4.78 is 17.7. The van der Waals surface area contributed by atoms with E-state index in [1.165, 1.54) is 38.5 Å². The van der Waals surface area contributed by atoms with Crippen LogP contribution in [0, 0.1) is 40.4 Å². The number of hydrogen-bond acceptors (Lipinski definition) is 4. The van der Waals surface area contributed by atoms with Gasteiger partial charge in [-0.1, -0.05) is 26.0 Å². The smallest absolute Gasteiger partial charge is 0.169 e. The Morgan fingerprint density at radius 1 is 0.914 bits per heavy atom. The van der Waals surface area contributed by atoms with E-state index in [1.54, 1.807) is 7.11 Å². The van der Waals surface area contributed by atoms with E-state index < -0.39 is 5.79 Å². The average Bonchev–Trinajstić information content (AvgIpc) is 3.44. The van der Waals surface area contributed by atoms with Crippen LogP contribution in [0.3, 0.4) is 0 Å². The summed E-state index contributed by atoms with van der Waals surface area (Å²) in [4.78, 5) is 13.2. The number of carbonyl (C=O) groups excluding carboxylic acids is 1. The van der Waals surface area contributed by atoms with Gasteiger partial charge in [0.2, 0.25) is 0 Å². The van der Waals surface area contributed by atoms with Crippen LogP contribution in [0.15, 0.2) is 29.8 Å². The molecular formula is C31H42O4. The van der Waals surface area contributed by atoms with Gasteiger partial charge in [0.25, 0.3) is 0 Å². The molecule has 4 heteroatoms. The van der Waals surface area contributed by atoms with E-state index in [-0.39, 0.29) is 5.41 Å². The molecule has 0 bridgehead atoms. The van der Waals surface area contributed by atoms with Crippen LogP contribution >= 0.6 is 0 Å². The molecule has 1 saturated heterocycles. The summed E-state index contributed by atoms with van der Waals surface area (Å²) in [6.45, 7) is 8.75. The average molecular weight is 479 g/mol. The van der Waals surface area contributed by atoms with Crippen molar-refractivity contribution in [2.75, 3.05) is 20.3 Å². The first-order valence-corrected chi connectivity index (χ1v) is 13.9. The van der Waals surface area contributed by atoms with E-state index in [0.717, 1.165) is 54.8 Å². The van der Waals surface area contributed by atoms with Gasteiger partial charge in [-0.25, -0.2) is 0 Å². The van der Waals surface area contributed by atoms with Crippen molar-refractivity contribution in [3.63, 3.8) is 0 Å². The van der Waals surface area contributed by atoms with Crippen LogP contribution in [0.2, 0.25) is 0 Å². The van der Waals surface area contributed by atoms with Gasteiger partial charge in [0.05, 0.1) is 20.3 Å². The predicted molar refractivity (Wildman–Crippen MR) is 137 cm³/mol. The first-order valence-electron chi connectivity index (χ1n) is 13.9. The number of benzene rings is 1. The number of Topliss-reactive ketones (excluding diaryl/α,β-unsaturated/α-hetero) is 1. The lowest BCUT2D eigenvalue weighted by Gasteiger charge is -2.61. The number of ether oxygens (including phenoxy) is 3. The number of methoxy groups -OCH3 is 1. The molecule has 5 aliphatic rings. The first kappa shape index (κ1) is 23.7. The minimum atomic E-state index is -0.400. The van der Waals surface area contributed by atoms with Gasteiger partial charge in [-0.3, -0.25) is 4.79 Å². The molecular weight excluding hydrogens is 436 g/mol. The first-order chi connectivity index (χ1) is 16.8. The Hall–Kier alpha value is -1.65. The van der Waals surface area contributed by atoms with Crippen LogP contribution in [0.5, 0.6) is 5.75 Å². The zero-order valence-electron chi connectivity index (χ0n) is 22.0. The standard InChI is InChI=1S/C31H42O4/c1-29-14-13-26-24(25(29)11-12-28(29)31(3)34-15-16-35-31)10-7-22-18-27(32)21(19-30(22,26)2)17-20-5-8-23(33-4)9-6-20/h5-6,8-9,17,22,24-26,28H,7,10-16,18-19H2,1-4H3/b21-17-/t22-,24-,25-,26-,28-,29-,30-/m0/s1. The highest BCUT2D eigenvalue weighted by Gasteiger charge is 2.64. The zero-order chi connectivity index (χ0) is 24.4. The van der Waals surface area contributed by atoms with Gasteiger partial charge < -0.3 is 14.2 Å². The quantitative estimate of drug-likeness (QED) is 0.455. The molecule has 35 heavy (non-hydrogen) atoms. The molecule has 0 amide bonds. The Morgan fingerprint density at radius 3 is 2.34 bits per heavy atom. The molecule has 4 saturated carbocycles. The number of ketones is 1. The second kappa shape index (κ2) is 8.45. The molecule has 4 aliphatic carbocycles. The maximum atomic E-state index is 13.2. The molecule has 190 valence electrons. The molecule has 6 rings (SSSR count). The topological polar surface area (TPSA) is 44.8 Å². The number of allylic oxidation sites excluding steroid dienone is 1. The summed E-state index contributed by atoms with van der Waals surface area (Å²) >= 11 is 0.